The Balaban J connectivity index is 2.24. The molecular formula is C12H12BrN3O. The minimum absolute atomic E-state index is 0.489. The van der Waals surface area contributed by atoms with E-state index in [1.54, 1.807) is 12.4 Å². The zero-order valence-electron chi connectivity index (χ0n) is 9.57. The lowest BCUT2D eigenvalue weighted by Crippen LogP contribution is -1.93. The molecule has 0 atom stereocenters. The fourth-order valence-corrected chi connectivity index (χ4v) is 1.63. The van der Waals surface area contributed by atoms with E-state index in [-0.39, 0.29) is 0 Å². The van der Waals surface area contributed by atoms with E-state index in [2.05, 4.69) is 31.2 Å². The fourth-order valence-electron chi connectivity index (χ4n) is 1.26. The Morgan fingerprint density at radius 3 is 3.00 bits per heavy atom. The number of hydrogen-bond acceptors (Lipinski definition) is 4. The summed E-state index contributed by atoms with van der Waals surface area (Å²) in [4.78, 5) is 8.22. The van der Waals surface area contributed by atoms with Crippen molar-refractivity contribution in [2.45, 2.75) is 13.8 Å². The third kappa shape index (κ3) is 2.94. The average Bonchev–Trinajstić information content (AvgIpc) is 2.77. The predicted molar refractivity (Wildman–Crippen MR) is 70.5 cm³/mol. The molecular weight excluding hydrogens is 282 g/mol. The van der Waals surface area contributed by atoms with Crippen LogP contribution >= 0.6 is 15.9 Å². The molecule has 88 valence electrons. The normalized spacial score (nSPS) is 11.6. The summed E-state index contributed by atoms with van der Waals surface area (Å²) in [5.74, 6) is 0.708. The summed E-state index contributed by atoms with van der Waals surface area (Å²) in [6.07, 6.45) is 5.35. The highest BCUT2D eigenvalue weighted by atomic mass is 79.9. The van der Waals surface area contributed by atoms with Gasteiger partial charge < -0.3 is 9.73 Å². The molecule has 2 aromatic rings. The molecule has 1 N–H and O–H groups in total. The Kier molecular flexibility index (Phi) is 3.58. The summed E-state index contributed by atoms with van der Waals surface area (Å²) in [5.41, 5.74) is 1.93. The van der Waals surface area contributed by atoms with Crippen molar-refractivity contribution in [3.8, 4) is 11.3 Å². The Morgan fingerprint density at radius 1 is 1.47 bits per heavy atom. The highest BCUT2D eigenvalue weighted by Gasteiger charge is 2.06. The van der Waals surface area contributed by atoms with E-state index >= 15 is 0 Å². The van der Waals surface area contributed by atoms with E-state index in [9.17, 15) is 0 Å². The van der Waals surface area contributed by atoms with Gasteiger partial charge in [-0.05, 0) is 41.9 Å². The summed E-state index contributed by atoms with van der Waals surface area (Å²) in [6.45, 7) is 3.90. The lowest BCUT2D eigenvalue weighted by atomic mass is 10.2. The molecule has 2 aromatic heterocycles. The van der Waals surface area contributed by atoms with Gasteiger partial charge in [-0.2, -0.15) is 0 Å². The molecule has 0 unspecified atom stereocenters. The van der Waals surface area contributed by atoms with Crippen molar-refractivity contribution in [2.75, 3.05) is 5.32 Å². The van der Waals surface area contributed by atoms with Gasteiger partial charge in [-0.1, -0.05) is 6.08 Å². The Bertz CT molecular complexity index is 548. The molecule has 0 saturated heterocycles. The zero-order chi connectivity index (χ0) is 12.3. The molecule has 0 amide bonds. The van der Waals surface area contributed by atoms with E-state index in [4.69, 9.17) is 4.42 Å². The lowest BCUT2D eigenvalue weighted by Gasteiger charge is -1.99. The van der Waals surface area contributed by atoms with Gasteiger partial charge in [-0.25, -0.2) is 9.97 Å². The standard InChI is InChI=1S/C12H12BrN3O/c1-3-8(2)16-12-15-7-10(17-12)9-4-5-14-11(13)6-9/h3-7H,1-2H3,(H,15,16)/b8-3+. The smallest absolute Gasteiger partial charge is 0.299 e. The van der Waals surface area contributed by atoms with Crippen LogP contribution in [0.25, 0.3) is 11.3 Å². The average molecular weight is 294 g/mol. The van der Waals surface area contributed by atoms with Crippen LogP contribution in [0.15, 0.2) is 45.3 Å². The molecule has 0 spiro atoms. The van der Waals surface area contributed by atoms with Crippen molar-refractivity contribution in [1.29, 1.82) is 0 Å². The van der Waals surface area contributed by atoms with Crippen molar-refractivity contribution < 1.29 is 4.42 Å². The number of allylic oxidation sites excluding steroid dienone is 2. The number of halogens is 1. The number of oxazole rings is 1. The van der Waals surface area contributed by atoms with Crippen LogP contribution < -0.4 is 5.32 Å². The Labute approximate surface area is 108 Å². The van der Waals surface area contributed by atoms with E-state index < -0.39 is 0 Å². The first kappa shape index (κ1) is 11.9. The first-order chi connectivity index (χ1) is 8.19. The molecule has 0 radical (unpaired) electrons. The van der Waals surface area contributed by atoms with E-state index in [1.807, 2.05) is 32.1 Å². The first-order valence-corrected chi connectivity index (χ1v) is 5.96. The van der Waals surface area contributed by atoms with Crippen LogP contribution in [0.2, 0.25) is 0 Å². The number of rotatable bonds is 3. The van der Waals surface area contributed by atoms with Crippen molar-refractivity contribution in [2.24, 2.45) is 0 Å². The largest absolute Gasteiger partial charge is 0.423 e. The summed E-state index contributed by atoms with van der Waals surface area (Å²) >= 11 is 3.32. The third-order valence-electron chi connectivity index (χ3n) is 2.25. The van der Waals surface area contributed by atoms with Crippen LogP contribution in [0, 0.1) is 0 Å². The molecule has 0 saturated carbocycles. The molecule has 0 aromatic carbocycles. The summed E-state index contributed by atoms with van der Waals surface area (Å²) in [5, 5.41) is 3.05. The van der Waals surface area contributed by atoms with Crippen molar-refractivity contribution in [1.82, 2.24) is 9.97 Å². The molecule has 2 rings (SSSR count). The Morgan fingerprint density at radius 2 is 2.29 bits per heavy atom. The van der Waals surface area contributed by atoms with Crippen LogP contribution in [0.4, 0.5) is 6.01 Å². The van der Waals surface area contributed by atoms with Gasteiger partial charge in [-0.15, -0.1) is 0 Å². The lowest BCUT2D eigenvalue weighted by molar-refractivity contribution is 0.590. The molecule has 4 nitrogen and oxygen atoms in total. The van der Waals surface area contributed by atoms with Gasteiger partial charge in [0, 0.05) is 17.5 Å². The molecule has 2 heterocycles. The van der Waals surface area contributed by atoms with Crippen molar-refractivity contribution >= 4 is 21.9 Å². The maximum Gasteiger partial charge on any atom is 0.299 e. The van der Waals surface area contributed by atoms with E-state index in [1.165, 1.54) is 0 Å². The van der Waals surface area contributed by atoms with Gasteiger partial charge >= 0.3 is 0 Å². The second-order valence-corrected chi connectivity index (χ2v) is 4.31. The molecule has 0 aliphatic rings. The SMILES string of the molecule is C/C=C(\C)Nc1ncc(-c2ccnc(Br)c2)o1. The van der Waals surface area contributed by atoms with E-state index in [0.717, 1.165) is 15.9 Å². The highest BCUT2D eigenvalue weighted by molar-refractivity contribution is 9.10. The number of nitrogens with one attached hydrogen (secondary N) is 1. The number of anilines is 1. The summed E-state index contributed by atoms with van der Waals surface area (Å²) in [7, 11) is 0. The van der Waals surface area contributed by atoms with Gasteiger partial charge in [0.2, 0.25) is 0 Å². The number of nitrogens with zero attached hydrogens (tertiary/aromatic N) is 2. The molecule has 5 heteroatoms. The van der Waals surface area contributed by atoms with Gasteiger partial charge in [0.15, 0.2) is 5.76 Å². The summed E-state index contributed by atoms with van der Waals surface area (Å²) < 4.78 is 6.35. The number of hydrogen-bond donors (Lipinski definition) is 1. The molecule has 0 bridgehead atoms. The van der Waals surface area contributed by atoms with Gasteiger partial charge in [-0.3, -0.25) is 0 Å². The number of pyridine rings is 1. The maximum absolute atomic E-state index is 5.59. The monoisotopic (exact) mass is 293 g/mol. The van der Waals surface area contributed by atoms with Crippen LogP contribution in [0.5, 0.6) is 0 Å². The van der Waals surface area contributed by atoms with Crippen LogP contribution in [-0.2, 0) is 0 Å². The second kappa shape index (κ2) is 5.14. The topological polar surface area (TPSA) is 51.0 Å². The molecule has 0 aliphatic heterocycles. The highest BCUT2D eigenvalue weighted by Crippen LogP contribution is 2.24. The predicted octanol–water partition coefficient (Wildman–Crippen LogP) is 3.83. The van der Waals surface area contributed by atoms with E-state index in [0.29, 0.717) is 11.8 Å². The quantitative estimate of drug-likeness (QED) is 0.874. The first-order valence-electron chi connectivity index (χ1n) is 5.16. The van der Waals surface area contributed by atoms with Crippen molar-refractivity contribution in [3.05, 3.63) is 40.9 Å². The molecule has 17 heavy (non-hydrogen) atoms. The second-order valence-electron chi connectivity index (χ2n) is 3.49. The molecule has 0 fully saturated rings. The Hall–Kier alpha value is -1.62. The fraction of sp³-hybridized carbons (Fsp3) is 0.167. The van der Waals surface area contributed by atoms with Crippen LogP contribution in [-0.4, -0.2) is 9.97 Å². The third-order valence-corrected chi connectivity index (χ3v) is 2.69. The zero-order valence-corrected chi connectivity index (χ0v) is 11.2. The van der Waals surface area contributed by atoms with Gasteiger partial charge in [0.1, 0.15) is 4.60 Å². The van der Waals surface area contributed by atoms with Crippen molar-refractivity contribution in [3.63, 3.8) is 0 Å². The maximum atomic E-state index is 5.59. The minimum atomic E-state index is 0.489. The van der Waals surface area contributed by atoms with Crippen LogP contribution in [0.1, 0.15) is 13.8 Å². The number of aromatic nitrogens is 2. The summed E-state index contributed by atoms with van der Waals surface area (Å²) in [6, 6.07) is 4.24. The van der Waals surface area contributed by atoms with Crippen LogP contribution in [0.3, 0.4) is 0 Å². The van der Waals surface area contributed by atoms with Gasteiger partial charge in [0.05, 0.1) is 6.20 Å². The van der Waals surface area contributed by atoms with Gasteiger partial charge in [0.25, 0.3) is 6.01 Å². The minimum Gasteiger partial charge on any atom is -0.423 e. The molecule has 0 aliphatic carbocycles.